The fourth-order valence-corrected chi connectivity index (χ4v) is 2.30. The van der Waals surface area contributed by atoms with Crippen molar-refractivity contribution in [3.8, 4) is 0 Å². The number of urea groups is 1. The number of aliphatic hydroxyl groups is 1. The summed E-state index contributed by atoms with van der Waals surface area (Å²) >= 11 is 7.78. The lowest BCUT2D eigenvalue weighted by Gasteiger charge is -2.14. The number of carboxylic acids is 1. The molecule has 0 radical (unpaired) electrons. The minimum Gasteiger partial charge on any atom is -0.480 e. The van der Waals surface area contributed by atoms with Crippen LogP contribution in [0.2, 0.25) is 5.02 Å². The highest BCUT2D eigenvalue weighted by Gasteiger charge is 2.19. The fourth-order valence-electron chi connectivity index (χ4n) is 1.29. The number of nitrogens with one attached hydrogen (secondary N) is 2. The summed E-state index contributed by atoms with van der Waals surface area (Å²) < 4.78 is 0.731. The molecule has 1 atom stereocenters. The van der Waals surface area contributed by atoms with Crippen molar-refractivity contribution in [2.45, 2.75) is 12.5 Å². The average molecular weight is 399 g/mol. The SMILES string of the molecule is O=C(Nc1ccc(Cl)cc1I)N[C@@H](CCO)C(=O)O. The first-order valence-electron chi connectivity index (χ1n) is 5.30. The van der Waals surface area contributed by atoms with Gasteiger partial charge in [-0.1, -0.05) is 11.6 Å². The molecule has 2 amide bonds. The van der Waals surface area contributed by atoms with E-state index in [1.807, 2.05) is 22.6 Å². The van der Waals surface area contributed by atoms with Gasteiger partial charge in [0.2, 0.25) is 0 Å². The molecular formula is C11H12ClIN2O4. The molecule has 0 aliphatic carbocycles. The lowest BCUT2D eigenvalue weighted by molar-refractivity contribution is -0.139. The van der Waals surface area contributed by atoms with Gasteiger partial charge in [0, 0.05) is 21.6 Å². The Hall–Kier alpha value is -1.06. The first-order valence-corrected chi connectivity index (χ1v) is 6.76. The second-order valence-electron chi connectivity index (χ2n) is 3.63. The van der Waals surface area contributed by atoms with Crippen LogP contribution in [0.1, 0.15) is 6.42 Å². The smallest absolute Gasteiger partial charge is 0.326 e. The van der Waals surface area contributed by atoms with E-state index in [0.29, 0.717) is 10.7 Å². The molecule has 0 bridgehead atoms. The zero-order valence-corrected chi connectivity index (χ0v) is 12.6. The van der Waals surface area contributed by atoms with E-state index in [1.165, 1.54) is 0 Å². The lowest BCUT2D eigenvalue weighted by Crippen LogP contribution is -2.43. The Kier molecular flexibility index (Phi) is 6.32. The molecule has 1 aromatic carbocycles. The van der Waals surface area contributed by atoms with Gasteiger partial charge in [-0.15, -0.1) is 0 Å². The predicted molar refractivity (Wildman–Crippen MR) is 79.5 cm³/mol. The fraction of sp³-hybridized carbons (Fsp3) is 0.273. The van der Waals surface area contributed by atoms with Crippen molar-refractivity contribution in [3.63, 3.8) is 0 Å². The number of carboxylic acid groups (broad SMARTS) is 1. The lowest BCUT2D eigenvalue weighted by atomic mass is 10.2. The summed E-state index contributed by atoms with van der Waals surface area (Å²) in [6, 6.07) is 3.11. The van der Waals surface area contributed by atoms with Crippen LogP contribution in [0.25, 0.3) is 0 Å². The van der Waals surface area contributed by atoms with Gasteiger partial charge in [0.15, 0.2) is 0 Å². The highest BCUT2D eigenvalue weighted by atomic mass is 127. The van der Waals surface area contributed by atoms with E-state index in [9.17, 15) is 9.59 Å². The second kappa shape index (κ2) is 7.51. The summed E-state index contributed by atoms with van der Waals surface area (Å²) in [4.78, 5) is 22.5. The Morgan fingerprint density at radius 1 is 1.42 bits per heavy atom. The van der Waals surface area contributed by atoms with Gasteiger partial charge in [0.25, 0.3) is 0 Å². The molecule has 19 heavy (non-hydrogen) atoms. The summed E-state index contributed by atoms with van der Waals surface area (Å²) in [5.74, 6) is -1.20. The minimum absolute atomic E-state index is 0.0551. The number of carbonyl (C=O) groups is 2. The Balaban J connectivity index is 2.66. The first kappa shape index (κ1) is 16.0. The molecule has 1 aromatic rings. The van der Waals surface area contributed by atoms with Crippen molar-refractivity contribution in [3.05, 3.63) is 26.8 Å². The van der Waals surface area contributed by atoms with Crippen molar-refractivity contribution >= 4 is 51.9 Å². The number of anilines is 1. The molecule has 1 rings (SSSR count). The van der Waals surface area contributed by atoms with E-state index < -0.39 is 18.0 Å². The molecule has 0 spiro atoms. The number of rotatable bonds is 5. The first-order chi connectivity index (χ1) is 8.93. The van der Waals surface area contributed by atoms with E-state index in [-0.39, 0.29) is 13.0 Å². The van der Waals surface area contributed by atoms with Crippen molar-refractivity contribution in [1.82, 2.24) is 5.32 Å². The van der Waals surface area contributed by atoms with Gasteiger partial charge in [-0.05, 0) is 40.8 Å². The number of aliphatic carboxylic acids is 1. The third-order valence-corrected chi connectivity index (χ3v) is 3.33. The topological polar surface area (TPSA) is 98.7 Å². The monoisotopic (exact) mass is 398 g/mol. The normalized spacial score (nSPS) is 11.7. The van der Waals surface area contributed by atoms with Gasteiger partial charge < -0.3 is 20.8 Å². The van der Waals surface area contributed by atoms with Crippen LogP contribution < -0.4 is 10.6 Å². The zero-order valence-electron chi connectivity index (χ0n) is 9.69. The standard InChI is InChI=1S/C11H12ClIN2O4/c12-6-1-2-8(7(13)5-6)14-11(19)15-9(3-4-16)10(17)18/h1-2,5,9,16H,3-4H2,(H,17,18)(H2,14,15,19)/t9-/m0/s1. The molecule has 0 saturated carbocycles. The average Bonchev–Trinajstić information content (AvgIpc) is 2.32. The van der Waals surface area contributed by atoms with E-state index in [4.69, 9.17) is 21.8 Å². The van der Waals surface area contributed by atoms with Crippen molar-refractivity contribution in [2.24, 2.45) is 0 Å². The third-order valence-electron chi connectivity index (χ3n) is 2.20. The predicted octanol–water partition coefficient (Wildman–Crippen LogP) is 1.90. The van der Waals surface area contributed by atoms with Gasteiger partial charge >= 0.3 is 12.0 Å². The molecule has 0 saturated heterocycles. The number of halogens is 2. The molecular weight excluding hydrogens is 386 g/mol. The molecule has 0 aromatic heterocycles. The number of aliphatic hydroxyl groups excluding tert-OH is 1. The highest BCUT2D eigenvalue weighted by Crippen LogP contribution is 2.22. The number of carbonyl (C=O) groups excluding carboxylic acids is 1. The molecule has 0 unspecified atom stereocenters. The van der Waals surface area contributed by atoms with Crippen LogP contribution in [0.4, 0.5) is 10.5 Å². The zero-order chi connectivity index (χ0) is 14.4. The van der Waals surface area contributed by atoms with E-state index in [0.717, 1.165) is 3.57 Å². The number of amides is 2. The van der Waals surface area contributed by atoms with Crippen LogP contribution in [-0.2, 0) is 4.79 Å². The molecule has 0 aliphatic heterocycles. The number of hydrogen-bond acceptors (Lipinski definition) is 3. The largest absolute Gasteiger partial charge is 0.480 e. The molecule has 0 heterocycles. The maximum Gasteiger partial charge on any atom is 0.326 e. The van der Waals surface area contributed by atoms with Gasteiger partial charge in [-0.2, -0.15) is 0 Å². The van der Waals surface area contributed by atoms with Crippen molar-refractivity contribution in [2.75, 3.05) is 11.9 Å². The highest BCUT2D eigenvalue weighted by molar-refractivity contribution is 14.1. The third kappa shape index (κ3) is 5.21. The number of benzene rings is 1. The maximum atomic E-state index is 11.6. The Morgan fingerprint density at radius 3 is 2.63 bits per heavy atom. The van der Waals surface area contributed by atoms with Crippen molar-refractivity contribution < 1.29 is 19.8 Å². The van der Waals surface area contributed by atoms with Crippen molar-refractivity contribution in [1.29, 1.82) is 0 Å². The summed E-state index contributed by atoms with van der Waals surface area (Å²) in [5.41, 5.74) is 0.524. The summed E-state index contributed by atoms with van der Waals surface area (Å²) in [7, 11) is 0. The minimum atomic E-state index is -1.20. The maximum absolute atomic E-state index is 11.6. The van der Waals surface area contributed by atoms with Crippen LogP contribution in [0.5, 0.6) is 0 Å². The van der Waals surface area contributed by atoms with E-state index in [2.05, 4.69) is 10.6 Å². The van der Waals surface area contributed by atoms with Crippen LogP contribution in [-0.4, -0.2) is 34.9 Å². The summed E-state index contributed by atoms with van der Waals surface area (Å²) in [6.45, 7) is -0.324. The molecule has 0 fully saturated rings. The van der Waals surface area contributed by atoms with Crippen LogP contribution in [0, 0.1) is 3.57 Å². The molecule has 0 aliphatic rings. The molecule has 4 N–H and O–H groups in total. The van der Waals surface area contributed by atoms with Gasteiger partial charge in [0.05, 0.1) is 5.69 Å². The van der Waals surface area contributed by atoms with E-state index >= 15 is 0 Å². The number of hydrogen-bond donors (Lipinski definition) is 4. The van der Waals surface area contributed by atoms with E-state index in [1.54, 1.807) is 18.2 Å². The molecule has 6 nitrogen and oxygen atoms in total. The van der Waals surface area contributed by atoms with Crippen LogP contribution in [0.15, 0.2) is 18.2 Å². The van der Waals surface area contributed by atoms with Gasteiger partial charge in [-0.25, -0.2) is 9.59 Å². The van der Waals surface area contributed by atoms with Crippen LogP contribution in [0.3, 0.4) is 0 Å². The Labute approximate surface area is 128 Å². The Morgan fingerprint density at radius 2 is 2.11 bits per heavy atom. The van der Waals surface area contributed by atoms with Gasteiger partial charge in [0.1, 0.15) is 6.04 Å². The molecule has 8 heteroatoms. The van der Waals surface area contributed by atoms with Gasteiger partial charge in [-0.3, -0.25) is 0 Å². The van der Waals surface area contributed by atoms with Crippen LogP contribution >= 0.6 is 34.2 Å². The summed E-state index contributed by atoms with van der Waals surface area (Å²) in [5, 5.41) is 22.9. The Bertz CT molecular complexity index is 484. The summed E-state index contributed by atoms with van der Waals surface area (Å²) in [6.07, 6.45) is -0.0551. The quantitative estimate of drug-likeness (QED) is 0.569. The second-order valence-corrected chi connectivity index (χ2v) is 5.22. The molecule has 104 valence electrons.